The number of anilines is 1. The standard InChI is InChI=1S/C21H21N5O4/c1-2-3-13-26-16-17(23-21(26)25-11-5-4-6-12-25)22-20(24-18(16)27)30-15-9-7-14(8-10-15)19(28)29/h7-10H,4-6,11-13H2,1H3,(H,28,29)(H,22,24,27). The Balaban J connectivity index is 1.72. The normalized spacial score (nSPS) is 13.7. The van der Waals surface area contributed by atoms with E-state index in [1.807, 2.05) is 0 Å². The van der Waals surface area contributed by atoms with E-state index in [-0.39, 0.29) is 22.8 Å². The number of carbonyl (C=O) groups is 1. The highest BCUT2D eigenvalue weighted by atomic mass is 16.5. The lowest BCUT2D eigenvalue weighted by Crippen LogP contribution is -2.32. The molecule has 1 fully saturated rings. The smallest absolute Gasteiger partial charge is 0.335 e. The molecule has 0 bridgehead atoms. The SMILES string of the molecule is CC#CCn1c(N2CCCCC2)nc2nc(Oc3ccc(C(=O)O)cc3)[nH]c(=O)c21. The van der Waals surface area contributed by atoms with Gasteiger partial charge in [0.25, 0.3) is 5.56 Å². The third kappa shape index (κ3) is 3.85. The van der Waals surface area contributed by atoms with E-state index in [0.717, 1.165) is 25.9 Å². The second-order valence-corrected chi connectivity index (χ2v) is 6.95. The van der Waals surface area contributed by atoms with Crippen molar-refractivity contribution in [2.24, 2.45) is 0 Å². The number of ether oxygens (including phenoxy) is 1. The lowest BCUT2D eigenvalue weighted by Gasteiger charge is -2.27. The zero-order valence-corrected chi connectivity index (χ0v) is 16.5. The van der Waals surface area contributed by atoms with Gasteiger partial charge in [-0.05, 0) is 50.5 Å². The molecule has 2 aromatic heterocycles. The molecule has 1 saturated heterocycles. The summed E-state index contributed by atoms with van der Waals surface area (Å²) in [6.07, 6.45) is 3.34. The molecule has 4 rings (SSSR count). The fourth-order valence-corrected chi connectivity index (χ4v) is 3.48. The summed E-state index contributed by atoms with van der Waals surface area (Å²) < 4.78 is 7.43. The Morgan fingerprint density at radius 2 is 1.93 bits per heavy atom. The summed E-state index contributed by atoms with van der Waals surface area (Å²) in [5.74, 6) is 5.88. The lowest BCUT2D eigenvalue weighted by atomic mass is 10.1. The summed E-state index contributed by atoms with van der Waals surface area (Å²) in [6, 6.07) is 5.83. The van der Waals surface area contributed by atoms with Gasteiger partial charge in [-0.2, -0.15) is 9.97 Å². The maximum Gasteiger partial charge on any atom is 0.335 e. The predicted octanol–water partition coefficient (Wildman–Crippen LogP) is 2.62. The van der Waals surface area contributed by atoms with Gasteiger partial charge in [0.2, 0.25) is 5.95 Å². The number of piperidine rings is 1. The van der Waals surface area contributed by atoms with Crippen LogP contribution in [-0.2, 0) is 6.54 Å². The van der Waals surface area contributed by atoms with Gasteiger partial charge in [0.15, 0.2) is 11.2 Å². The number of hydrogen-bond donors (Lipinski definition) is 2. The van der Waals surface area contributed by atoms with E-state index < -0.39 is 5.97 Å². The number of H-pyrrole nitrogens is 1. The van der Waals surface area contributed by atoms with Crippen molar-refractivity contribution in [3.63, 3.8) is 0 Å². The van der Waals surface area contributed by atoms with Crippen LogP contribution in [0, 0.1) is 11.8 Å². The first-order valence-electron chi connectivity index (χ1n) is 9.73. The van der Waals surface area contributed by atoms with Crippen LogP contribution in [0.2, 0.25) is 0 Å². The molecular weight excluding hydrogens is 386 g/mol. The molecule has 0 radical (unpaired) electrons. The van der Waals surface area contributed by atoms with Crippen molar-refractivity contribution in [3.8, 4) is 23.6 Å². The number of fused-ring (bicyclic) bond motifs is 1. The highest BCUT2D eigenvalue weighted by molar-refractivity contribution is 5.87. The lowest BCUT2D eigenvalue weighted by molar-refractivity contribution is 0.0697. The molecule has 154 valence electrons. The molecule has 0 aliphatic carbocycles. The summed E-state index contributed by atoms with van der Waals surface area (Å²) >= 11 is 0. The molecule has 1 aliphatic heterocycles. The second-order valence-electron chi connectivity index (χ2n) is 6.95. The van der Waals surface area contributed by atoms with Gasteiger partial charge < -0.3 is 14.7 Å². The molecule has 30 heavy (non-hydrogen) atoms. The molecular formula is C21H21N5O4. The van der Waals surface area contributed by atoms with Crippen molar-refractivity contribution in [1.29, 1.82) is 0 Å². The van der Waals surface area contributed by atoms with E-state index in [1.165, 1.54) is 30.7 Å². The van der Waals surface area contributed by atoms with Crippen LogP contribution in [0.4, 0.5) is 5.95 Å². The van der Waals surface area contributed by atoms with Crippen LogP contribution in [0.3, 0.4) is 0 Å². The Hall–Kier alpha value is -3.80. The number of aromatic nitrogens is 4. The van der Waals surface area contributed by atoms with Crippen LogP contribution in [0.1, 0.15) is 36.5 Å². The van der Waals surface area contributed by atoms with Crippen LogP contribution in [-0.4, -0.2) is 43.7 Å². The summed E-state index contributed by atoms with van der Waals surface area (Å²) in [7, 11) is 0. The predicted molar refractivity (Wildman–Crippen MR) is 111 cm³/mol. The van der Waals surface area contributed by atoms with Gasteiger partial charge in [0.05, 0.1) is 12.1 Å². The Bertz CT molecular complexity index is 1190. The molecule has 3 aromatic rings. The van der Waals surface area contributed by atoms with Gasteiger partial charge in [-0.3, -0.25) is 14.3 Å². The van der Waals surface area contributed by atoms with Gasteiger partial charge >= 0.3 is 12.0 Å². The molecule has 0 spiro atoms. The number of aromatic amines is 1. The average Bonchev–Trinajstić information content (AvgIpc) is 3.12. The van der Waals surface area contributed by atoms with Crippen LogP contribution in [0.15, 0.2) is 29.1 Å². The Morgan fingerprint density at radius 3 is 2.60 bits per heavy atom. The molecule has 1 aromatic carbocycles. The highest BCUT2D eigenvalue weighted by Gasteiger charge is 2.22. The monoisotopic (exact) mass is 407 g/mol. The summed E-state index contributed by atoms with van der Waals surface area (Å²) in [4.78, 5) is 37.6. The van der Waals surface area contributed by atoms with E-state index in [2.05, 4.69) is 31.7 Å². The van der Waals surface area contributed by atoms with Gasteiger partial charge in [0.1, 0.15) is 5.75 Å². The molecule has 0 unspecified atom stereocenters. The van der Waals surface area contributed by atoms with Gasteiger partial charge in [0, 0.05) is 13.1 Å². The van der Waals surface area contributed by atoms with Crippen LogP contribution in [0.25, 0.3) is 11.2 Å². The Kier molecular flexibility index (Phi) is 5.39. The number of nitrogens with zero attached hydrogens (tertiary/aromatic N) is 4. The Morgan fingerprint density at radius 1 is 1.20 bits per heavy atom. The first-order valence-corrected chi connectivity index (χ1v) is 9.73. The number of nitrogens with one attached hydrogen (secondary N) is 1. The number of rotatable bonds is 5. The molecule has 2 N–H and O–H groups in total. The largest absolute Gasteiger partial charge is 0.478 e. The topological polar surface area (TPSA) is 113 Å². The number of aromatic carboxylic acids is 1. The van der Waals surface area contributed by atoms with E-state index >= 15 is 0 Å². The number of carboxylic acid groups (broad SMARTS) is 1. The molecule has 0 saturated carbocycles. The minimum Gasteiger partial charge on any atom is -0.478 e. The molecule has 9 heteroatoms. The number of benzene rings is 1. The maximum atomic E-state index is 12.8. The fraction of sp³-hybridized carbons (Fsp3) is 0.333. The number of carboxylic acids is 1. The van der Waals surface area contributed by atoms with Gasteiger partial charge in [-0.15, -0.1) is 5.92 Å². The number of imidazole rings is 1. The minimum absolute atomic E-state index is 0.00741. The third-order valence-electron chi connectivity index (χ3n) is 4.94. The second kappa shape index (κ2) is 8.29. The highest BCUT2D eigenvalue weighted by Crippen LogP contribution is 2.24. The quantitative estimate of drug-likeness (QED) is 0.625. The van der Waals surface area contributed by atoms with Crippen molar-refractivity contribution >= 4 is 23.1 Å². The van der Waals surface area contributed by atoms with Crippen molar-refractivity contribution in [2.75, 3.05) is 18.0 Å². The molecule has 0 atom stereocenters. The van der Waals surface area contributed by atoms with Crippen LogP contribution in [0.5, 0.6) is 11.8 Å². The van der Waals surface area contributed by atoms with E-state index in [9.17, 15) is 9.59 Å². The molecule has 9 nitrogen and oxygen atoms in total. The van der Waals surface area contributed by atoms with Crippen molar-refractivity contribution in [1.82, 2.24) is 19.5 Å². The molecule has 3 heterocycles. The average molecular weight is 407 g/mol. The number of hydrogen-bond acceptors (Lipinski definition) is 6. The Labute approximate surface area is 172 Å². The van der Waals surface area contributed by atoms with Gasteiger partial charge in [-0.25, -0.2) is 4.79 Å². The van der Waals surface area contributed by atoms with E-state index in [1.54, 1.807) is 11.5 Å². The maximum absolute atomic E-state index is 12.8. The summed E-state index contributed by atoms with van der Waals surface area (Å²) in [5.41, 5.74) is 0.410. The first kappa shape index (κ1) is 19.5. The zero-order valence-electron chi connectivity index (χ0n) is 16.5. The minimum atomic E-state index is -1.03. The first-order chi connectivity index (χ1) is 14.6. The van der Waals surface area contributed by atoms with E-state index in [0.29, 0.717) is 23.8 Å². The van der Waals surface area contributed by atoms with Crippen molar-refractivity contribution in [3.05, 3.63) is 40.2 Å². The zero-order chi connectivity index (χ0) is 21.1. The van der Waals surface area contributed by atoms with Crippen LogP contribution < -0.4 is 15.2 Å². The van der Waals surface area contributed by atoms with E-state index in [4.69, 9.17) is 9.84 Å². The molecule has 1 aliphatic rings. The third-order valence-corrected chi connectivity index (χ3v) is 4.94. The van der Waals surface area contributed by atoms with Gasteiger partial charge in [-0.1, -0.05) is 5.92 Å². The van der Waals surface area contributed by atoms with Crippen molar-refractivity contribution in [2.45, 2.75) is 32.7 Å². The summed E-state index contributed by atoms with van der Waals surface area (Å²) in [6.45, 7) is 3.85. The summed E-state index contributed by atoms with van der Waals surface area (Å²) in [5, 5.41) is 8.99. The molecule has 0 amide bonds. The fourth-order valence-electron chi connectivity index (χ4n) is 3.48. The van der Waals surface area contributed by atoms with Crippen LogP contribution >= 0.6 is 0 Å². The van der Waals surface area contributed by atoms with Crippen molar-refractivity contribution < 1.29 is 14.6 Å².